The van der Waals surface area contributed by atoms with E-state index >= 15 is 0 Å². The van der Waals surface area contributed by atoms with Gasteiger partial charge in [0.15, 0.2) is 19.7 Å². The molecule has 1 aromatic heterocycles. The molecule has 0 spiro atoms. The van der Waals surface area contributed by atoms with Crippen LogP contribution in [0.1, 0.15) is 5.56 Å². The fraction of sp³-hybridized carbons (Fsp3) is 0.412. The third kappa shape index (κ3) is 4.11. The van der Waals surface area contributed by atoms with Crippen molar-refractivity contribution >= 4 is 31.0 Å². The van der Waals surface area contributed by atoms with Gasteiger partial charge in [-0.15, -0.1) is 11.3 Å². The molecule has 1 saturated heterocycles. The van der Waals surface area contributed by atoms with Gasteiger partial charge in [-0.05, 0) is 36.0 Å². The first-order valence-electron chi connectivity index (χ1n) is 8.16. The van der Waals surface area contributed by atoms with Crippen LogP contribution in [-0.4, -0.2) is 53.3 Å². The molecule has 2 atom stereocenters. The third-order valence-electron chi connectivity index (χ3n) is 4.47. The van der Waals surface area contributed by atoms with Gasteiger partial charge in [0.2, 0.25) is 0 Å². The zero-order valence-electron chi connectivity index (χ0n) is 14.3. The van der Waals surface area contributed by atoms with E-state index in [4.69, 9.17) is 4.74 Å². The average molecular weight is 416 g/mol. The summed E-state index contributed by atoms with van der Waals surface area (Å²) < 4.78 is 55.3. The van der Waals surface area contributed by atoms with Crippen molar-refractivity contribution in [3.8, 4) is 5.75 Å². The van der Waals surface area contributed by atoms with Crippen LogP contribution in [0.3, 0.4) is 0 Å². The molecule has 0 amide bonds. The van der Waals surface area contributed by atoms with Gasteiger partial charge in [0.05, 0.1) is 23.9 Å². The number of sulfone groups is 2. The van der Waals surface area contributed by atoms with Gasteiger partial charge < -0.3 is 10.1 Å². The van der Waals surface area contributed by atoms with Gasteiger partial charge in [-0.2, -0.15) is 0 Å². The van der Waals surface area contributed by atoms with Crippen molar-refractivity contribution in [3.05, 3.63) is 47.3 Å². The van der Waals surface area contributed by atoms with E-state index in [1.54, 1.807) is 18.6 Å². The standard InChI is InChI=1S/C17H21NO5S3/c1-23-15-6-3-2-5-13(15)8-9-18-14-11-25(19,20)12-16(14)26(21,22)17-7-4-10-24-17/h2-7,10,14,16,18H,8-9,11-12H2,1H3. The SMILES string of the molecule is COc1ccccc1CCNC1CS(=O)(=O)CC1S(=O)(=O)c1cccs1. The lowest BCUT2D eigenvalue weighted by molar-refractivity contribution is 0.408. The van der Waals surface area contributed by atoms with E-state index in [0.717, 1.165) is 22.6 Å². The summed E-state index contributed by atoms with van der Waals surface area (Å²) in [5.41, 5.74) is 0.987. The minimum atomic E-state index is -3.67. The fourth-order valence-corrected chi connectivity index (χ4v) is 9.13. The predicted octanol–water partition coefficient (Wildman–Crippen LogP) is 1.53. The van der Waals surface area contributed by atoms with Crippen molar-refractivity contribution in [3.63, 3.8) is 0 Å². The molecule has 6 nitrogen and oxygen atoms in total. The molecule has 3 rings (SSSR count). The first-order chi connectivity index (χ1) is 12.3. The van der Waals surface area contributed by atoms with Crippen LogP contribution in [0.4, 0.5) is 0 Å². The zero-order chi connectivity index (χ0) is 18.8. The maximum absolute atomic E-state index is 12.8. The number of benzene rings is 1. The first kappa shape index (κ1) is 19.3. The lowest BCUT2D eigenvalue weighted by Gasteiger charge is -2.19. The number of para-hydroxylation sites is 1. The maximum atomic E-state index is 12.8. The Morgan fingerprint density at radius 1 is 1.19 bits per heavy atom. The number of hydrogen-bond acceptors (Lipinski definition) is 7. The number of hydrogen-bond donors (Lipinski definition) is 1. The Morgan fingerprint density at radius 2 is 1.96 bits per heavy atom. The lowest BCUT2D eigenvalue weighted by atomic mass is 10.1. The van der Waals surface area contributed by atoms with Crippen LogP contribution in [0.25, 0.3) is 0 Å². The fourth-order valence-electron chi connectivity index (χ4n) is 3.19. The third-order valence-corrected chi connectivity index (χ3v) is 10.0. The number of rotatable bonds is 7. The maximum Gasteiger partial charge on any atom is 0.193 e. The Balaban J connectivity index is 1.73. The van der Waals surface area contributed by atoms with Crippen LogP contribution in [0, 0.1) is 0 Å². The number of ether oxygens (including phenoxy) is 1. The van der Waals surface area contributed by atoms with E-state index in [2.05, 4.69) is 5.32 Å². The van der Waals surface area contributed by atoms with Crippen LogP contribution in [0.5, 0.6) is 5.75 Å². The highest BCUT2D eigenvalue weighted by molar-refractivity contribution is 7.97. The molecule has 2 heterocycles. The lowest BCUT2D eigenvalue weighted by Crippen LogP contribution is -2.43. The Kier molecular flexibility index (Phi) is 5.71. The normalized spacial score (nSPS) is 22.3. The summed E-state index contributed by atoms with van der Waals surface area (Å²) >= 11 is 1.12. The minimum Gasteiger partial charge on any atom is -0.496 e. The minimum absolute atomic E-state index is 0.159. The van der Waals surface area contributed by atoms with Crippen molar-refractivity contribution < 1.29 is 21.6 Å². The molecule has 1 aliphatic heterocycles. The van der Waals surface area contributed by atoms with E-state index in [1.165, 1.54) is 6.07 Å². The molecule has 1 aliphatic rings. The summed E-state index contributed by atoms with van der Waals surface area (Å²) in [6, 6.07) is 10.2. The monoisotopic (exact) mass is 415 g/mol. The average Bonchev–Trinajstić information content (AvgIpc) is 3.24. The van der Waals surface area contributed by atoms with Gasteiger partial charge in [0.1, 0.15) is 9.96 Å². The van der Waals surface area contributed by atoms with Crippen molar-refractivity contribution in [2.24, 2.45) is 0 Å². The highest BCUT2D eigenvalue weighted by Gasteiger charge is 2.45. The molecule has 9 heteroatoms. The second-order valence-corrected chi connectivity index (χ2v) is 11.7. The van der Waals surface area contributed by atoms with E-state index in [1.807, 2.05) is 24.3 Å². The van der Waals surface area contributed by atoms with Gasteiger partial charge in [0, 0.05) is 6.04 Å². The van der Waals surface area contributed by atoms with Crippen molar-refractivity contribution in [1.29, 1.82) is 0 Å². The Morgan fingerprint density at radius 3 is 2.65 bits per heavy atom. The van der Waals surface area contributed by atoms with Crippen LogP contribution in [0.15, 0.2) is 46.0 Å². The van der Waals surface area contributed by atoms with Gasteiger partial charge in [0.25, 0.3) is 0 Å². The Labute approximate surface area is 158 Å². The van der Waals surface area contributed by atoms with E-state index in [9.17, 15) is 16.8 Å². The van der Waals surface area contributed by atoms with Gasteiger partial charge >= 0.3 is 0 Å². The summed E-state index contributed by atoms with van der Waals surface area (Å²) in [7, 11) is -5.46. The molecule has 26 heavy (non-hydrogen) atoms. The number of thiophene rings is 1. The smallest absolute Gasteiger partial charge is 0.193 e. The largest absolute Gasteiger partial charge is 0.496 e. The molecule has 0 bridgehead atoms. The Hall–Kier alpha value is -1.42. The molecule has 1 fully saturated rings. The zero-order valence-corrected chi connectivity index (χ0v) is 16.7. The number of methoxy groups -OCH3 is 1. The second kappa shape index (κ2) is 7.67. The predicted molar refractivity (Wildman–Crippen MR) is 102 cm³/mol. The van der Waals surface area contributed by atoms with Gasteiger partial charge in [-0.1, -0.05) is 24.3 Å². The van der Waals surface area contributed by atoms with E-state index in [-0.39, 0.29) is 15.7 Å². The summed E-state index contributed by atoms with van der Waals surface area (Å²) in [5.74, 6) is 0.268. The highest BCUT2D eigenvalue weighted by atomic mass is 32.2. The quantitative estimate of drug-likeness (QED) is 0.738. The molecule has 1 aromatic carbocycles. The van der Waals surface area contributed by atoms with Crippen LogP contribution >= 0.6 is 11.3 Å². The molecule has 0 aliphatic carbocycles. The van der Waals surface area contributed by atoms with Crippen LogP contribution in [-0.2, 0) is 26.1 Å². The molecule has 1 N–H and O–H groups in total. The highest BCUT2D eigenvalue weighted by Crippen LogP contribution is 2.28. The van der Waals surface area contributed by atoms with Gasteiger partial charge in [-0.3, -0.25) is 0 Å². The molecule has 2 aromatic rings. The molecular formula is C17H21NO5S3. The topological polar surface area (TPSA) is 89.5 Å². The van der Waals surface area contributed by atoms with Crippen LogP contribution < -0.4 is 10.1 Å². The molecule has 142 valence electrons. The molecular weight excluding hydrogens is 394 g/mol. The molecule has 2 unspecified atom stereocenters. The van der Waals surface area contributed by atoms with Crippen molar-refractivity contribution in [1.82, 2.24) is 5.32 Å². The molecule has 0 radical (unpaired) electrons. The summed E-state index contributed by atoms with van der Waals surface area (Å²) in [4.78, 5) is 0. The molecule has 0 saturated carbocycles. The summed E-state index contributed by atoms with van der Waals surface area (Å²) in [5, 5.41) is 3.87. The Bertz CT molecular complexity index is 952. The second-order valence-electron chi connectivity index (χ2n) is 6.21. The summed E-state index contributed by atoms with van der Waals surface area (Å²) in [6.45, 7) is 0.469. The van der Waals surface area contributed by atoms with E-state index < -0.39 is 31.0 Å². The first-order valence-corrected chi connectivity index (χ1v) is 12.4. The number of nitrogens with one attached hydrogen (secondary N) is 1. The van der Waals surface area contributed by atoms with Crippen molar-refractivity contribution in [2.75, 3.05) is 25.2 Å². The van der Waals surface area contributed by atoms with Gasteiger partial charge in [-0.25, -0.2) is 16.8 Å². The summed E-state index contributed by atoms with van der Waals surface area (Å²) in [6.07, 6.45) is 0.617. The van der Waals surface area contributed by atoms with Crippen LogP contribution in [0.2, 0.25) is 0 Å². The van der Waals surface area contributed by atoms with E-state index in [0.29, 0.717) is 13.0 Å². The van der Waals surface area contributed by atoms with Crippen molar-refractivity contribution in [2.45, 2.75) is 21.9 Å².